The molecule has 0 saturated carbocycles. The van der Waals surface area contributed by atoms with E-state index < -0.39 is 0 Å². The van der Waals surface area contributed by atoms with Crippen LogP contribution in [-0.4, -0.2) is 55.5 Å². The molecule has 28 heavy (non-hydrogen) atoms. The van der Waals surface area contributed by atoms with Crippen LogP contribution in [0.2, 0.25) is 0 Å². The van der Waals surface area contributed by atoms with E-state index in [1.807, 2.05) is 12.1 Å². The molecule has 0 fully saturated rings. The van der Waals surface area contributed by atoms with Crippen LogP contribution in [0.15, 0.2) is 48.5 Å². The average Bonchev–Trinajstić information content (AvgIpc) is 2.57. The summed E-state index contributed by atoms with van der Waals surface area (Å²) in [5.74, 6) is 1.87. The topological polar surface area (TPSA) is 18.5 Å². The number of unbranched alkanes of at least 4 members (excludes halogenated alkanes) is 1. The number of hydrogen-bond donors (Lipinski definition) is 0. The lowest BCUT2D eigenvalue weighted by molar-refractivity contribution is -0.001000. The summed E-state index contributed by atoms with van der Waals surface area (Å²) >= 11 is 0. The number of hydrogen-bond acceptors (Lipinski definition) is 2. The lowest BCUT2D eigenvalue weighted by Crippen LogP contribution is -3.00. The van der Waals surface area contributed by atoms with Crippen LogP contribution in [0, 0.1) is 0 Å². The molecule has 0 N–H and O–H groups in total. The molecular formula is C22H34I2N2O2. The zero-order valence-electron chi connectivity index (χ0n) is 17.9. The molecule has 0 bridgehead atoms. The minimum atomic E-state index is 0. The summed E-state index contributed by atoms with van der Waals surface area (Å²) in [7, 11) is 12.9. The highest BCUT2D eigenvalue weighted by Gasteiger charge is 2.13. The minimum Gasteiger partial charge on any atom is -1.00 e. The fourth-order valence-electron chi connectivity index (χ4n) is 2.57. The van der Waals surface area contributed by atoms with Crippen molar-refractivity contribution in [3.05, 3.63) is 48.5 Å². The Morgan fingerprint density at radius 1 is 0.607 bits per heavy atom. The molecule has 2 rings (SSSR count). The molecule has 2 aromatic rings. The molecule has 0 aliphatic heterocycles. The molecule has 4 nitrogen and oxygen atoms in total. The van der Waals surface area contributed by atoms with Gasteiger partial charge in [-0.15, -0.1) is 0 Å². The fraction of sp³-hybridized carbons (Fsp3) is 0.455. The monoisotopic (exact) mass is 612 g/mol. The van der Waals surface area contributed by atoms with Gasteiger partial charge in [0.1, 0.15) is 22.9 Å². The maximum atomic E-state index is 5.89. The third-order valence-electron chi connectivity index (χ3n) is 4.26. The third kappa shape index (κ3) is 9.28. The predicted octanol–water partition coefficient (Wildman–Crippen LogP) is -1.67. The molecule has 0 aliphatic carbocycles. The van der Waals surface area contributed by atoms with E-state index in [2.05, 4.69) is 78.7 Å². The van der Waals surface area contributed by atoms with Gasteiger partial charge in [-0.3, -0.25) is 8.97 Å². The Morgan fingerprint density at radius 3 is 1.29 bits per heavy atom. The smallest absolute Gasteiger partial charge is 0.135 e. The second-order valence-corrected chi connectivity index (χ2v) is 8.42. The zero-order valence-corrected chi connectivity index (χ0v) is 22.2. The van der Waals surface area contributed by atoms with Gasteiger partial charge in [-0.2, -0.15) is 0 Å². The molecule has 0 amide bonds. The quantitative estimate of drug-likeness (QED) is 0.192. The van der Waals surface area contributed by atoms with E-state index in [1.165, 1.54) is 11.4 Å². The molecule has 0 atom stereocenters. The van der Waals surface area contributed by atoms with Gasteiger partial charge in [-0.1, -0.05) is 12.1 Å². The molecular weight excluding hydrogens is 578 g/mol. The van der Waals surface area contributed by atoms with Crippen molar-refractivity contribution in [3.63, 3.8) is 0 Å². The van der Waals surface area contributed by atoms with Crippen LogP contribution in [0.3, 0.4) is 0 Å². The maximum absolute atomic E-state index is 5.89. The van der Waals surface area contributed by atoms with E-state index in [9.17, 15) is 0 Å². The first-order chi connectivity index (χ1) is 12.2. The van der Waals surface area contributed by atoms with Crippen LogP contribution in [0.1, 0.15) is 12.8 Å². The van der Waals surface area contributed by atoms with Crippen LogP contribution in [0.4, 0.5) is 11.4 Å². The van der Waals surface area contributed by atoms with Crippen LogP contribution >= 0.6 is 0 Å². The second-order valence-electron chi connectivity index (χ2n) is 8.42. The van der Waals surface area contributed by atoms with Crippen molar-refractivity contribution >= 4 is 11.4 Å². The summed E-state index contributed by atoms with van der Waals surface area (Å²) < 4.78 is 13.4. The summed E-state index contributed by atoms with van der Waals surface area (Å²) in [5, 5.41) is 0. The van der Waals surface area contributed by atoms with Gasteiger partial charge in [0, 0.05) is 12.1 Å². The van der Waals surface area contributed by atoms with E-state index in [-0.39, 0.29) is 48.0 Å². The van der Waals surface area contributed by atoms with Crippen LogP contribution < -0.4 is 66.4 Å². The molecule has 0 aliphatic rings. The van der Waals surface area contributed by atoms with Gasteiger partial charge < -0.3 is 57.4 Å². The van der Waals surface area contributed by atoms with Gasteiger partial charge in [0.2, 0.25) is 0 Å². The lowest BCUT2D eigenvalue weighted by Gasteiger charge is -2.23. The van der Waals surface area contributed by atoms with Crippen molar-refractivity contribution in [2.45, 2.75) is 12.8 Å². The third-order valence-corrected chi connectivity index (χ3v) is 4.26. The van der Waals surface area contributed by atoms with Crippen LogP contribution in [0.5, 0.6) is 11.5 Å². The van der Waals surface area contributed by atoms with E-state index in [0.717, 1.165) is 33.3 Å². The van der Waals surface area contributed by atoms with Crippen molar-refractivity contribution in [2.24, 2.45) is 0 Å². The number of benzene rings is 2. The molecule has 158 valence electrons. The van der Waals surface area contributed by atoms with Crippen molar-refractivity contribution in [1.29, 1.82) is 0 Å². The highest BCUT2D eigenvalue weighted by Crippen LogP contribution is 2.24. The SMILES string of the molecule is C[N+](C)(C)c1cccc(OCCCCOc2cccc([N+](C)(C)C)c2)c1.[I-].[I-]. The molecule has 0 unspecified atom stereocenters. The fourth-order valence-corrected chi connectivity index (χ4v) is 2.57. The van der Waals surface area contributed by atoms with Crippen molar-refractivity contribution < 1.29 is 57.4 Å². The number of ether oxygens (including phenoxy) is 2. The number of nitrogens with zero attached hydrogens (tertiary/aromatic N) is 2. The van der Waals surface area contributed by atoms with Gasteiger partial charge in [0.05, 0.1) is 55.5 Å². The van der Waals surface area contributed by atoms with E-state index >= 15 is 0 Å². The van der Waals surface area contributed by atoms with Gasteiger partial charge in [-0.25, -0.2) is 0 Å². The van der Waals surface area contributed by atoms with Gasteiger partial charge in [0.25, 0.3) is 0 Å². The summed E-state index contributed by atoms with van der Waals surface area (Å²) in [6, 6.07) is 16.6. The molecule has 0 heterocycles. The molecule has 0 aromatic heterocycles. The average molecular weight is 612 g/mol. The lowest BCUT2D eigenvalue weighted by atomic mass is 10.2. The van der Waals surface area contributed by atoms with Gasteiger partial charge in [0.15, 0.2) is 0 Å². The summed E-state index contributed by atoms with van der Waals surface area (Å²) in [6.07, 6.45) is 1.95. The highest BCUT2D eigenvalue weighted by molar-refractivity contribution is 5.47. The van der Waals surface area contributed by atoms with Gasteiger partial charge >= 0.3 is 0 Å². The van der Waals surface area contributed by atoms with E-state index in [1.54, 1.807) is 0 Å². The predicted molar refractivity (Wildman–Crippen MR) is 112 cm³/mol. The first-order valence-electron chi connectivity index (χ1n) is 9.26. The standard InChI is InChI=1S/C22H34N2O2.2HI/c1-23(2,3)19-11-9-13-21(17-19)25-15-7-8-16-26-22-14-10-12-20(18-22)24(4,5)6;;/h9-14,17-18H,7-8,15-16H2,1-6H3;2*1H/q+2;;/p-2. The first-order valence-corrected chi connectivity index (χ1v) is 9.26. The van der Waals surface area contributed by atoms with Crippen molar-refractivity contribution in [1.82, 2.24) is 8.97 Å². The van der Waals surface area contributed by atoms with Crippen molar-refractivity contribution in [2.75, 3.05) is 55.5 Å². The molecule has 0 saturated heterocycles. The molecule has 2 aromatic carbocycles. The maximum Gasteiger partial charge on any atom is 0.135 e. The largest absolute Gasteiger partial charge is 1.00 e. The zero-order chi connectivity index (χ0) is 19.2. The highest BCUT2D eigenvalue weighted by atomic mass is 127. The Morgan fingerprint density at radius 2 is 0.964 bits per heavy atom. The number of halogens is 2. The number of rotatable bonds is 9. The Hall–Kier alpha value is -0.580. The molecule has 6 heteroatoms. The minimum absolute atomic E-state index is 0. The summed E-state index contributed by atoms with van der Waals surface area (Å²) in [6.45, 7) is 1.42. The Bertz CT molecular complexity index is 649. The molecule has 0 spiro atoms. The van der Waals surface area contributed by atoms with E-state index in [0.29, 0.717) is 13.2 Å². The Labute approximate surface area is 205 Å². The van der Waals surface area contributed by atoms with Crippen LogP contribution in [0.25, 0.3) is 0 Å². The molecule has 0 radical (unpaired) electrons. The summed E-state index contributed by atoms with van der Waals surface area (Å²) in [4.78, 5) is 0. The Balaban J connectivity index is 0.00000364. The second kappa shape index (κ2) is 12.2. The first kappa shape index (κ1) is 27.4. The van der Waals surface area contributed by atoms with Crippen LogP contribution in [-0.2, 0) is 0 Å². The normalized spacial score (nSPS) is 11.2. The van der Waals surface area contributed by atoms with E-state index in [4.69, 9.17) is 9.47 Å². The van der Waals surface area contributed by atoms with Gasteiger partial charge in [-0.05, 0) is 37.1 Å². The Kier molecular flexibility index (Phi) is 11.9. The number of quaternary nitrogens is 2. The summed E-state index contributed by atoms with van der Waals surface area (Å²) in [5.41, 5.74) is 2.48. The van der Waals surface area contributed by atoms with Crippen molar-refractivity contribution in [3.8, 4) is 11.5 Å².